The first-order chi connectivity index (χ1) is 12.7. The number of pyridine rings is 1. The van der Waals surface area contributed by atoms with Gasteiger partial charge in [-0.2, -0.15) is 0 Å². The Hall–Kier alpha value is -3.28. The Labute approximate surface area is 152 Å². The molecule has 0 amide bonds. The Kier molecular flexibility index (Phi) is 4.08. The van der Waals surface area contributed by atoms with Crippen LogP contribution < -0.4 is 4.90 Å². The van der Waals surface area contributed by atoms with Crippen LogP contribution >= 0.6 is 0 Å². The highest BCUT2D eigenvalue weighted by Gasteiger charge is 2.13. The maximum Gasteiger partial charge on any atom is 0.134 e. The number of nitrogens with zero attached hydrogens (tertiary/aromatic N) is 6. The number of hydrogen-bond acceptors (Lipinski definition) is 5. The van der Waals surface area contributed by atoms with Crippen molar-refractivity contribution >= 4 is 22.5 Å². The number of aryl methyl sites for hydroxylation is 2. The fourth-order valence-corrected chi connectivity index (χ4v) is 3.15. The summed E-state index contributed by atoms with van der Waals surface area (Å²) < 4.78 is 2.01. The Morgan fingerprint density at radius 3 is 2.58 bits per heavy atom. The lowest BCUT2D eigenvalue weighted by Crippen LogP contribution is -2.13. The van der Waals surface area contributed by atoms with Crippen molar-refractivity contribution in [2.24, 2.45) is 7.05 Å². The Morgan fingerprint density at radius 1 is 1.00 bits per heavy atom. The van der Waals surface area contributed by atoms with Crippen LogP contribution in [0.5, 0.6) is 0 Å². The Balaban J connectivity index is 1.74. The molecule has 0 unspecified atom stereocenters. The predicted octanol–water partition coefficient (Wildman–Crippen LogP) is 3.76. The molecule has 6 nitrogen and oxygen atoms in total. The molecule has 6 heteroatoms. The molecule has 0 fully saturated rings. The normalized spacial score (nSPS) is 11.0. The van der Waals surface area contributed by atoms with Crippen molar-refractivity contribution in [3.8, 4) is 11.1 Å². The largest absolute Gasteiger partial charge is 0.334 e. The lowest BCUT2D eigenvalue weighted by molar-refractivity contribution is 0.946. The minimum atomic E-state index is 0.895. The molecule has 0 spiro atoms. The molecule has 3 aromatic heterocycles. The summed E-state index contributed by atoms with van der Waals surface area (Å²) in [6.07, 6.45) is 9.78. The first-order valence-electron chi connectivity index (χ1n) is 8.56. The fourth-order valence-electron chi connectivity index (χ4n) is 3.15. The zero-order chi connectivity index (χ0) is 18.1. The minimum absolute atomic E-state index is 0.895. The molecule has 1 aromatic carbocycles. The van der Waals surface area contributed by atoms with E-state index in [9.17, 15) is 0 Å². The average molecular weight is 344 g/mol. The van der Waals surface area contributed by atoms with Gasteiger partial charge in [-0.1, -0.05) is 13.0 Å². The van der Waals surface area contributed by atoms with Crippen LogP contribution in [0.25, 0.3) is 22.2 Å². The van der Waals surface area contributed by atoms with Crippen molar-refractivity contribution in [3.63, 3.8) is 0 Å². The first-order valence-corrected chi connectivity index (χ1v) is 8.56. The molecule has 0 aliphatic heterocycles. The minimum Gasteiger partial charge on any atom is -0.334 e. The number of benzene rings is 1. The maximum atomic E-state index is 4.58. The van der Waals surface area contributed by atoms with E-state index in [0.29, 0.717) is 0 Å². The van der Waals surface area contributed by atoms with Crippen LogP contribution in [0.2, 0.25) is 0 Å². The number of rotatable bonds is 4. The third-order valence-corrected chi connectivity index (χ3v) is 4.66. The Morgan fingerprint density at radius 2 is 1.81 bits per heavy atom. The molecule has 0 aliphatic rings. The van der Waals surface area contributed by atoms with Crippen molar-refractivity contribution in [3.05, 3.63) is 61.1 Å². The van der Waals surface area contributed by atoms with Crippen LogP contribution in [-0.4, -0.2) is 31.6 Å². The number of anilines is 2. The topological polar surface area (TPSA) is 59.7 Å². The van der Waals surface area contributed by atoms with Crippen LogP contribution in [-0.2, 0) is 13.5 Å². The third-order valence-electron chi connectivity index (χ3n) is 4.66. The van der Waals surface area contributed by atoms with Gasteiger partial charge in [-0.3, -0.25) is 0 Å². The Bertz CT molecular complexity index is 1050. The molecule has 4 rings (SSSR count). The van der Waals surface area contributed by atoms with E-state index in [1.54, 1.807) is 6.33 Å². The summed E-state index contributed by atoms with van der Waals surface area (Å²) in [5.41, 5.74) is 6.50. The van der Waals surface area contributed by atoms with Gasteiger partial charge in [0.05, 0.1) is 18.0 Å². The van der Waals surface area contributed by atoms with Gasteiger partial charge in [-0.15, -0.1) is 0 Å². The number of fused-ring (bicyclic) bond motifs is 1. The quantitative estimate of drug-likeness (QED) is 0.564. The highest BCUT2D eigenvalue weighted by molar-refractivity contribution is 5.79. The molecule has 0 saturated heterocycles. The fraction of sp³-hybridized carbons (Fsp3) is 0.200. The highest BCUT2D eigenvalue weighted by Crippen LogP contribution is 2.31. The van der Waals surface area contributed by atoms with Gasteiger partial charge in [0.1, 0.15) is 17.7 Å². The molecule has 0 saturated carbocycles. The van der Waals surface area contributed by atoms with Crippen LogP contribution in [0.1, 0.15) is 12.5 Å². The van der Waals surface area contributed by atoms with Gasteiger partial charge < -0.3 is 9.47 Å². The summed E-state index contributed by atoms with van der Waals surface area (Å²) in [5.74, 6) is 0.895. The van der Waals surface area contributed by atoms with Crippen LogP contribution in [0.15, 0.2) is 55.5 Å². The van der Waals surface area contributed by atoms with E-state index in [0.717, 1.165) is 40.1 Å². The second-order valence-corrected chi connectivity index (χ2v) is 6.27. The molecule has 4 aromatic rings. The molecular weight excluding hydrogens is 324 g/mol. The van der Waals surface area contributed by atoms with Gasteiger partial charge in [0.15, 0.2) is 0 Å². The predicted molar refractivity (Wildman–Crippen MR) is 103 cm³/mol. The molecule has 0 atom stereocenters. The number of imidazole rings is 1. The standard InChI is InChI=1S/C20H20N6/c1-4-14-7-15(16-9-21-12-22-10-16)5-6-18(14)26(3)20-8-19-17(11-23-20)24-13-25(19)2/h5-13H,4H2,1-3H3. The lowest BCUT2D eigenvalue weighted by atomic mass is 10.0. The second kappa shape index (κ2) is 6.55. The van der Waals surface area contributed by atoms with Crippen molar-refractivity contribution in [2.45, 2.75) is 13.3 Å². The molecule has 0 radical (unpaired) electrons. The average Bonchev–Trinajstić information content (AvgIpc) is 3.08. The van der Waals surface area contributed by atoms with E-state index >= 15 is 0 Å². The van der Waals surface area contributed by atoms with Gasteiger partial charge in [0.2, 0.25) is 0 Å². The lowest BCUT2D eigenvalue weighted by Gasteiger charge is -2.22. The summed E-state index contributed by atoms with van der Waals surface area (Å²) in [5, 5.41) is 0. The van der Waals surface area contributed by atoms with E-state index in [1.165, 1.54) is 5.56 Å². The van der Waals surface area contributed by atoms with E-state index in [-0.39, 0.29) is 0 Å². The highest BCUT2D eigenvalue weighted by atomic mass is 15.2. The van der Waals surface area contributed by atoms with Crippen molar-refractivity contribution in [2.75, 3.05) is 11.9 Å². The van der Waals surface area contributed by atoms with Crippen LogP contribution in [0, 0.1) is 0 Å². The zero-order valence-corrected chi connectivity index (χ0v) is 15.1. The molecular formula is C20H20N6. The van der Waals surface area contributed by atoms with E-state index in [1.807, 2.05) is 43.6 Å². The summed E-state index contributed by atoms with van der Waals surface area (Å²) in [4.78, 5) is 19.3. The van der Waals surface area contributed by atoms with Crippen molar-refractivity contribution in [1.82, 2.24) is 24.5 Å². The number of hydrogen-bond donors (Lipinski definition) is 0. The van der Waals surface area contributed by atoms with Gasteiger partial charge >= 0.3 is 0 Å². The summed E-state index contributed by atoms with van der Waals surface area (Å²) in [6.45, 7) is 2.16. The van der Waals surface area contributed by atoms with Gasteiger partial charge in [-0.05, 0) is 29.7 Å². The molecule has 0 aliphatic carbocycles. The molecule has 0 N–H and O–H groups in total. The summed E-state index contributed by atoms with van der Waals surface area (Å²) >= 11 is 0. The second-order valence-electron chi connectivity index (χ2n) is 6.27. The monoisotopic (exact) mass is 344 g/mol. The van der Waals surface area contributed by atoms with Gasteiger partial charge in [-0.25, -0.2) is 19.9 Å². The summed E-state index contributed by atoms with van der Waals surface area (Å²) in [6, 6.07) is 8.51. The van der Waals surface area contributed by atoms with Gasteiger partial charge in [0.25, 0.3) is 0 Å². The van der Waals surface area contributed by atoms with E-state index in [2.05, 4.69) is 56.0 Å². The molecule has 130 valence electrons. The number of aromatic nitrogens is 5. The molecule has 0 bridgehead atoms. The third kappa shape index (κ3) is 2.79. The molecule has 26 heavy (non-hydrogen) atoms. The van der Waals surface area contributed by atoms with Crippen molar-refractivity contribution in [1.29, 1.82) is 0 Å². The zero-order valence-electron chi connectivity index (χ0n) is 15.1. The molecule has 3 heterocycles. The van der Waals surface area contributed by atoms with Gasteiger partial charge in [0, 0.05) is 43.8 Å². The summed E-state index contributed by atoms with van der Waals surface area (Å²) in [7, 11) is 4.04. The smallest absolute Gasteiger partial charge is 0.134 e. The van der Waals surface area contributed by atoms with Crippen LogP contribution in [0.3, 0.4) is 0 Å². The van der Waals surface area contributed by atoms with E-state index in [4.69, 9.17) is 0 Å². The SMILES string of the molecule is CCc1cc(-c2cncnc2)ccc1N(C)c1cc2c(cn1)ncn2C. The van der Waals surface area contributed by atoms with Crippen molar-refractivity contribution < 1.29 is 0 Å². The van der Waals surface area contributed by atoms with E-state index < -0.39 is 0 Å². The maximum absolute atomic E-state index is 4.58. The first kappa shape index (κ1) is 16.2. The van der Waals surface area contributed by atoms with Crippen LogP contribution in [0.4, 0.5) is 11.5 Å².